The summed E-state index contributed by atoms with van der Waals surface area (Å²) < 4.78 is 39.0. The highest BCUT2D eigenvalue weighted by Gasteiger charge is 2.31. The van der Waals surface area contributed by atoms with E-state index in [4.69, 9.17) is 16.7 Å². The van der Waals surface area contributed by atoms with Crippen LogP contribution in [0.3, 0.4) is 0 Å². The number of carbonyl (C=O) groups excluding carboxylic acids is 1. The number of halogens is 4. The quantitative estimate of drug-likeness (QED) is 0.890. The van der Waals surface area contributed by atoms with E-state index in [1.54, 1.807) is 0 Å². The molecule has 0 fully saturated rings. The van der Waals surface area contributed by atoms with Crippen LogP contribution in [0.2, 0.25) is 5.02 Å². The molecule has 6 nitrogen and oxygen atoms in total. The second-order valence-corrected chi connectivity index (χ2v) is 4.85. The van der Waals surface area contributed by atoms with E-state index < -0.39 is 30.2 Å². The standard InChI is InChI=1S/C13H9ClF3N3O3/c14-8-2-1-7(13(15,16)17)5-10(8)18-12(23)9-3-4-20(19-9)6-11(21)22/h1-5H,6H2,(H,18,23)(H,21,22). The Morgan fingerprint density at radius 2 is 2.00 bits per heavy atom. The van der Waals surface area contributed by atoms with Crippen molar-refractivity contribution in [2.24, 2.45) is 0 Å². The molecule has 0 aliphatic heterocycles. The summed E-state index contributed by atoms with van der Waals surface area (Å²) in [5.74, 6) is -1.96. The minimum Gasteiger partial charge on any atom is -0.480 e. The Labute approximate surface area is 132 Å². The molecule has 0 saturated heterocycles. The highest BCUT2D eigenvalue weighted by molar-refractivity contribution is 6.33. The van der Waals surface area contributed by atoms with Crippen molar-refractivity contribution in [2.75, 3.05) is 5.32 Å². The van der Waals surface area contributed by atoms with Crippen LogP contribution in [0.1, 0.15) is 16.1 Å². The lowest BCUT2D eigenvalue weighted by atomic mass is 10.2. The fraction of sp³-hybridized carbons (Fsp3) is 0.154. The smallest absolute Gasteiger partial charge is 0.416 e. The number of nitrogens with one attached hydrogen (secondary N) is 1. The molecule has 0 saturated carbocycles. The summed E-state index contributed by atoms with van der Waals surface area (Å²) in [6.07, 6.45) is -3.32. The van der Waals surface area contributed by atoms with E-state index in [2.05, 4.69) is 10.4 Å². The summed E-state index contributed by atoms with van der Waals surface area (Å²) in [5, 5.41) is 14.5. The molecule has 10 heteroatoms. The van der Waals surface area contributed by atoms with E-state index in [-0.39, 0.29) is 16.4 Å². The van der Waals surface area contributed by atoms with Crippen LogP contribution in [-0.4, -0.2) is 26.8 Å². The van der Waals surface area contributed by atoms with Crippen molar-refractivity contribution in [1.82, 2.24) is 9.78 Å². The van der Waals surface area contributed by atoms with Gasteiger partial charge in [0.1, 0.15) is 6.54 Å². The number of carboxylic acids is 1. The van der Waals surface area contributed by atoms with Crippen LogP contribution in [0.4, 0.5) is 18.9 Å². The van der Waals surface area contributed by atoms with Gasteiger partial charge in [0.05, 0.1) is 16.3 Å². The number of carboxylic acid groups (broad SMARTS) is 1. The Bertz CT molecular complexity index is 758. The zero-order valence-corrected chi connectivity index (χ0v) is 12.0. The Kier molecular flexibility index (Phi) is 4.60. The lowest BCUT2D eigenvalue weighted by Crippen LogP contribution is -2.16. The van der Waals surface area contributed by atoms with Gasteiger partial charge in [0.2, 0.25) is 0 Å². The van der Waals surface area contributed by atoms with Gasteiger partial charge in [0.25, 0.3) is 5.91 Å². The number of anilines is 1. The summed E-state index contributed by atoms with van der Waals surface area (Å²) in [6.45, 7) is -0.447. The molecule has 2 N–H and O–H groups in total. The van der Waals surface area contributed by atoms with Crippen molar-refractivity contribution >= 4 is 29.2 Å². The normalized spacial score (nSPS) is 11.3. The fourth-order valence-electron chi connectivity index (χ4n) is 1.69. The number of alkyl halides is 3. The van der Waals surface area contributed by atoms with Crippen molar-refractivity contribution in [3.05, 3.63) is 46.7 Å². The number of amides is 1. The van der Waals surface area contributed by atoms with Crippen LogP contribution in [-0.2, 0) is 17.5 Å². The molecule has 1 aromatic carbocycles. The second kappa shape index (κ2) is 6.29. The molecule has 0 aliphatic carbocycles. The first-order valence-corrected chi connectivity index (χ1v) is 6.48. The van der Waals surface area contributed by atoms with Crippen molar-refractivity contribution in [2.45, 2.75) is 12.7 Å². The number of aliphatic carboxylic acids is 1. The topological polar surface area (TPSA) is 84.2 Å². The maximum absolute atomic E-state index is 12.7. The molecule has 0 aliphatic rings. The summed E-state index contributed by atoms with van der Waals surface area (Å²) in [6, 6.07) is 3.75. The minimum atomic E-state index is -4.58. The predicted octanol–water partition coefficient (Wildman–Crippen LogP) is 2.89. The fourth-order valence-corrected chi connectivity index (χ4v) is 1.86. The molecule has 0 bridgehead atoms. The Hall–Kier alpha value is -2.55. The van der Waals surface area contributed by atoms with Gasteiger partial charge in [-0.2, -0.15) is 18.3 Å². The molecule has 0 radical (unpaired) electrons. The monoisotopic (exact) mass is 347 g/mol. The maximum Gasteiger partial charge on any atom is 0.416 e. The number of hydrogen-bond acceptors (Lipinski definition) is 3. The molecule has 0 spiro atoms. The molecule has 23 heavy (non-hydrogen) atoms. The van der Waals surface area contributed by atoms with E-state index in [1.165, 1.54) is 12.3 Å². The van der Waals surface area contributed by atoms with Crippen LogP contribution in [0, 0.1) is 0 Å². The van der Waals surface area contributed by atoms with Crippen molar-refractivity contribution in [3.8, 4) is 0 Å². The van der Waals surface area contributed by atoms with Crippen LogP contribution >= 0.6 is 11.6 Å². The number of aromatic nitrogens is 2. The average molecular weight is 348 g/mol. The van der Waals surface area contributed by atoms with Gasteiger partial charge in [-0.25, -0.2) is 0 Å². The molecule has 2 rings (SSSR count). The lowest BCUT2D eigenvalue weighted by molar-refractivity contribution is -0.138. The van der Waals surface area contributed by atoms with Gasteiger partial charge >= 0.3 is 12.1 Å². The summed E-state index contributed by atoms with van der Waals surface area (Å²) in [7, 11) is 0. The van der Waals surface area contributed by atoms with Crippen molar-refractivity contribution < 1.29 is 27.9 Å². The molecule has 0 atom stereocenters. The van der Waals surface area contributed by atoms with E-state index >= 15 is 0 Å². The first kappa shape index (κ1) is 16.8. The van der Waals surface area contributed by atoms with Crippen molar-refractivity contribution in [1.29, 1.82) is 0 Å². The van der Waals surface area contributed by atoms with Crippen LogP contribution in [0.5, 0.6) is 0 Å². The first-order chi connectivity index (χ1) is 10.7. The molecular weight excluding hydrogens is 339 g/mol. The first-order valence-electron chi connectivity index (χ1n) is 6.10. The highest BCUT2D eigenvalue weighted by atomic mass is 35.5. The van der Waals surface area contributed by atoms with Gasteiger partial charge in [0, 0.05) is 6.20 Å². The molecule has 122 valence electrons. The number of carbonyl (C=O) groups is 2. The molecular formula is C13H9ClF3N3O3. The maximum atomic E-state index is 12.7. The highest BCUT2D eigenvalue weighted by Crippen LogP contribution is 2.33. The van der Waals surface area contributed by atoms with Gasteiger partial charge in [-0.15, -0.1) is 0 Å². The Balaban J connectivity index is 2.20. The summed E-state index contributed by atoms with van der Waals surface area (Å²) >= 11 is 5.77. The van der Waals surface area contributed by atoms with Gasteiger partial charge < -0.3 is 10.4 Å². The molecule has 1 heterocycles. The summed E-state index contributed by atoms with van der Waals surface area (Å²) in [5.41, 5.74) is -1.34. The van der Waals surface area contributed by atoms with Crippen LogP contribution < -0.4 is 5.32 Å². The zero-order valence-electron chi connectivity index (χ0n) is 11.3. The number of nitrogens with zero attached hydrogens (tertiary/aromatic N) is 2. The number of rotatable bonds is 4. The largest absolute Gasteiger partial charge is 0.480 e. The third kappa shape index (κ3) is 4.22. The SMILES string of the molecule is O=C(O)Cn1ccc(C(=O)Nc2cc(C(F)(F)F)ccc2Cl)n1. The van der Waals surface area contributed by atoms with E-state index in [9.17, 15) is 22.8 Å². The number of hydrogen-bond donors (Lipinski definition) is 2. The van der Waals surface area contributed by atoms with Crippen LogP contribution in [0.25, 0.3) is 0 Å². The zero-order chi connectivity index (χ0) is 17.2. The van der Waals surface area contributed by atoms with Gasteiger partial charge in [-0.1, -0.05) is 11.6 Å². The molecule has 0 unspecified atom stereocenters. The molecule has 1 aromatic heterocycles. The lowest BCUT2D eigenvalue weighted by Gasteiger charge is -2.11. The van der Waals surface area contributed by atoms with Crippen LogP contribution in [0.15, 0.2) is 30.5 Å². The Morgan fingerprint density at radius 1 is 1.30 bits per heavy atom. The third-order valence-electron chi connectivity index (χ3n) is 2.71. The van der Waals surface area contributed by atoms with E-state index in [1.807, 2.05) is 0 Å². The van der Waals surface area contributed by atoms with Gasteiger partial charge in [-0.05, 0) is 24.3 Å². The minimum absolute atomic E-state index is 0.0729. The Morgan fingerprint density at radius 3 is 2.61 bits per heavy atom. The third-order valence-corrected chi connectivity index (χ3v) is 3.04. The van der Waals surface area contributed by atoms with E-state index in [0.717, 1.165) is 16.8 Å². The van der Waals surface area contributed by atoms with Gasteiger partial charge in [-0.3, -0.25) is 14.3 Å². The van der Waals surface area contributed by atoms with E-state index in [0.29, 0.717) is 6.07 Å². The molecule has 2 aromatic rings. The average Bonchev–Trinajstić information content (AvgIpc) is 2.87. The van der Waals surface area contributed by atoms with Crippen molar-refractivity contribution in [3.63, 3.8) is 0 Å². The predicted molar refractivity (Wildman–Crippen MR) is 74.3 cm³/mol. The van der Waals surface area contributed by atoms with Gasteiger partial charge in [0.15, 0.2) is 5.69 Å². The number of benzene rings is 1. The summed E-state index contributed by atoms with van der Waals surface area (Å²) in [4.78, 5) is 22.5. The molecule has 1 amide bonds. The second-order valence-electron chi connectivity index (χ2n) is 4.44.